The zero-order chi connectivity index (χ0) is 16.3. The number of alkyl carbamates (subject to hydrolysis) is 1. The second kappa shape index (κ2) is 6.96. The SMILES string of the molecule is CC(C)NS(=O)(=O)C[C@H]1CC[C@@H](NC(=O)OC(C)(C)C)C1. The molecule has 0 heterocycles. The first-order chi connectivity index (χ1) is 9.47. The van der Waals surface area contributed by atoms with Crippen molar-refractivity contribution in [1.29, 1.82) is 0 Å². The van der Waals surface area contributed by atoms with E-state index in [9.17, 15) is 13.2 Å². The summed E-state index contributed by atoms with van der Waals surface area (Å²) in [5.74, 6) is 0.207. The maximum absolute atomic E-state index is 11.9. The van der Waals surface area contributed by atoms with E-state index in [-0.39, 0.29) is 23.8 Å². The van der Waals surface area contributed by atoms with Crippen molar-refractivity contribution < 1.29 is 17.9 Å². The van der Waals surface area contributed by atoms with Crippen LogP contribution in [-0.2, 0) is 14.8 Å². The highest BCUT2D eigenvalue weighted by Gasteiger charge is 2.30. The molecule has 1 amide bonds. The summed E-state index contributed by atoms with van der Waals surface area (Å²) in [6.07, 6.45) is 1.84. The number of carbonyl (C=O) groups excluding carboxylic acids is 1. The van der Waals surface area contributed by atoms with Gasteiger partial charge in [0, 0.05) is 12.1 Å². The summed E-state index contributed by atoms with van der Waals surface area (Å²) >= 11 is 0. The lowest BCUT2D eigenvalue weighted by atomic mass is 10.1. The number of amides is 1. The van der Waals surface area contributed by atoms with E-state index < -0.39 is 21.7 Å². The molecule has 1 fully saturated rings. The van der Waals surface area contributed by atoms with Crippen molar-refractivity contribution in [1.82, 2.24) is 10.0 Å². The van der Waals surface area contributed by atoms with E-state index in [1.54, 1.807) is 13.8 Å². The molecule has 0 spiro atoms. The molecule has 1 aliphatic rings. The molecule has 1 aliphatic carbocycles. The number of sulfonamides is 1. The van der Waals surface area contributed by atoms with E-state index in [2.05, 4.69) is 10.0 Å². The van der Waals surface area contributed by atoms with Crippen molar-refractivity contribution in [2.24, 2.45) is 5.92 Å². The number of hydrogen-bond acceptors (Lipinski definition) is 4. The average molecular weight is 320 g/mol. The molecule has 0 bridgehead atoms. The van der Waals surface area contributed by atoms with Gasteiger partial charge in [0.05, 0.1) is 5.75 Å². The van der Waals surface area contributed by atoms with E-state index >= 15 is 0 Å². The van der Waals surface area contributed by atoms with Gasteiger partial charge in [0.15, 0.2) is 0 Å². The predicted molar refractivity (Wildman–Crippen MR) is 82.6 cm³/mol. The first kappa shape index (κ1) is 18.2. The minimum Gasteiger partial charge on any atom is -0.444 e. The molecule has 124 valence electrons. The van der Waals surface area contributed by atoms with Crippen LogP contribution in [0.15, 0.2) is 0 Å². The number of hydrogen-bond donors (Lipinski definition) is 2. The monoisotopic (exact) mass is 320 g/mol. The summed E-state index contributed by atoms with van der Waals surface area (Å²) in [5.41, 5.74) is -0.521. The van der Waals surface area contributed by atoms with Crippen molar-refractivity contribution in [2.45, 2.75) is 71.6 Å². The van der Waals surface area contributed by atoms with Crippen LogP contribution in [0.1, 0.15) is 53.9 Å². The molecule has 0 unspecified atom stereocenters. The zero-order valence-electron chi connectivity index (χ0n) is 13.6. The molecule has 2 atom stereocenters. The first-order valence-corrected chi connectivity index (χ1v) is 9.11. The van der Waals surface area contributed by atoms with Crippen molar-refractivity contribution in [2.75, 3.05) is 5.75 Å². The van der Waals surface area contributed by atoms with Crippen LogP contribution < -0.4 is 10.0 Å². The lowest BCUT2D eigenvalue weighted by Gasteiger charge is -2.21. The van der Waals surface area contributed by atoms with Gasteiger partial charge < -0.3 is 10.1 Å². The Morgan fingerprint density at radius 2 is 1.90 bits per heavy atom. The normalized spacial score (nSPS) is 23.3. The van der Waals surface area contributed by atoms with E-state index in [4.69, 9.17) is 4.74 Å². The molecular weight excluding hydrogens is 292 g/mol. The first-order valence-electron chi connectivity index (χ1n) is 7.46. The van der Waals surface area contributed by atoms with Gasteiger partial charge in [-0.1, -0.05) is 0 Å². The molecule has 0 aromatic rings. The van der Waals surface area contributed by atoms with Gasteiger partial charge in [-0.2, -0.15) is 0 Å². The molecule has 0 radical (unpaired) electrons. The number of ether oxygens (including phenoxy) is 1. The molecule has 7 heteroatoms. The van der Waals surface area contributed by atoms with Crippen molar-refractivity contribution >= 4 is 16.1 Å². The third-order valence-electron chi connectivity index (χ3n) is 3.13. The number of carbonyl (C=O) groups is 1. The smallest absolute Gasteiger partial charge is 0.407 e. The van der Waals surface area contributed by atoms with E-state index in [1.165, 1.54) is 0 Å². The van der Waals surface area contributed by atoms with Gasteiger partial charge in [0.1, 0.15) is 5.60 Å². The van der Waals surface area contributed by atoms with Crippen molar-refractivity contribution in [3.8, 4) is 0 Å². The highest BCUT2D eigenvalue weighted by molar-refractivity contribution is 7.89. The quantitative estimate of drug-likeness (QED) is 0.811. The largest absolute Gasteiger partial charge is 0.444 e. The average Bonchev–Trinajstić information content (AvgIpc) is 2.58. The maximum atomic E-state index is 11.9. The Balaban J connectivity index is 2.41. The molecule has 0 aromatic heterocycles. The van der Waals surface area contributed by atoms with Gasteiger partial charge in [-0.3, -0.25) is 0 Å². The number of nitrogens with one attached hydrogen (secondary N) is 2. The minimum atomic E-state index is -3.24. The molecule has 0 aromatic carbocycles. The molecule has 0 aliphatic heterocycles. The van der Waals surface area contributed by atoms with Crippen LogP contribution in [0.4, 0.5) is 4.79 Å². The Kier molecular flexibility index (Phi) is 6.04. The van der Waals surface area contributed by atoms with Crippen LogP contribution in [-0.4, -0.2) is 37.9 Å². The summed E-state index contributed by atoms with van der Waals surface area (Å²) < 4.78 is 31.6. The fraction of sp³-hybridized carbons (Fsp3) is 0.929. The van der Waals surface area contributed by atoms with Gasteiger partial charge >= 0.3 is 6.09 Å². The van der Waals surface area contributed by atoms with Gasteiger partial charge in [0.25, 0.3) is 0 Å². The van der Waals surface area contributed by atoms with Gasteiger partial charge in [-0.15, -0.1) is 0 Å². The lowest BCUT2D eigenvalue weighted by molar-refractivity contribution is 0.0505. The van der Waals surface area contributed by atoms with Crippen LogP contribution in [0.2, 0.25) is 0 Å². The summed E-state index contributed by atoms with van der Waals surface area (Å²) in [6, 6.07) is -0.0915. The van der Waals surface area contributed by atoms with Crippen LogP contribution in [0.25, 0.3) is 0 Å². The molecule has 0 saturated heterocycles. The topological polar surface area (TPSA) is 84.5 Å². The third-order valence-corrected chi connectivity index (χ3v) is 4.87. The van der Waals surface area contributed by atoms with Gasteiger partial charge in [-0.25, -0.2) is 17.9 Å². The third kappa shape index (κ3) is 7.66. The molecule has 1 rings (SSSR count). The molecule has 21 heavy (non-hydrogen) atoms. The Morgan fingerprint density at radius 3 is 2.43 bits per heavy atom. The summed E-state index contributed by atoms with van der Waals surface area (Å²) in [4.78, 5) is 11.7. The van der Waals surface area contributed by atoms with Crippen LogP contribution in [0.5, 0.6) is 0 Å². The van der Waals surface area contributed by atoms with E-state index in [0.29, 0.717) is 6.42 Å². The Bertz CT molecular complexity index is 454. The molecular formula is C14H28N2O4S. The molecule has 1 saturated carbocycles. The number of rotatable bonds is 5. The van der Waals surface area contributed by atoms with Crippen LogP contribution in [0.3, 0.4) is 0 Å². The van der Waals surface area contributed by atoms with E-state index in [1.807, 2.05) is 20.8 Å². The fourth-order valence-corrected chi connectivity index (χ4v) is 4.29. The second-order valence-electron chi connectivity index (χ2n) is 7.08. The second-order valence-corrected chi connectivity index (χ2v) is 8.87. The Morgan fingerprint density at radius 1 is 1.29 bits per heavy atom. The fourth-order valence-electron chi connectivity index (χ4n) is 2.55. The predicted octanol–water partition coefficient (Wildman–Crippen LogP) is 2.01. The van der Waals surface area contributed by atoms with E-state index in [0.717, 1.165) is 12.8 Å². The molecule has 6 nitrogen and oxygen atoms in total. The Labute approximate surface area is 128 Å². The minimum absolute atomic E-state index is 0.000833. The Hall–Kier alpha value is -0.820. The zero-order valence-corrected chi connectivity index (χ0v) is 14.4. The summed E-state index contributed by atoms with van der Waals surface area (Å²) in [7, 11) is -3.24. The highest BCUT2D eigenvalue weighted by Crippen LogP contribution is 2.27. The van der Waals surface area contributed by atoms with Crippen molar-refractivity contribution in [3.63, 3.8) is 0 Å². The van der Waals surface area contributed by atoms with Gasteiger partial charge in [0.2, 0.25) is 10.0 Å². The van der Waals surface area contributed by atoms with Crippen molar-refractivity contribution in [3.05, 3.63) is 0 Å². The lowest BCUT2D eigenvalue weighted by Crippen LogP contribution is -2.38. The van der Waals surface area contributed by atoms with Crippen LogP contribution in [0, 0.1) is 5.92 Å². The van der Waals surface area contributed by atoms with Crippen LogP contribution >= 0.6 is 0 Å². The molecule has 2 N–H and O–H groups in total. The highest BCUT2D eigenvalue weighted by atomic mass is 32.2. The standard InChI is InChI=1S/C14H28N2O4S/c1-10(2)16-21(18,19)9-11-6-7-12(8-11)15-13(17)20-14(3,4)5/h10-12,16H,6-9H2,1-5H3,(H,15,17)/t11-,12+/m0/s1. The summed E-state index contributed by atoms with van der Waals surface area (Å²) in [6.45, 7) is 9.05. The maximum Gasteiger partial charge on any atom is 0.407 e. The van der Waals surface area contributed by atoms with Gasteiger partial charge in [-0.05, 0) is 59.8 Å². The summed E-state index contributed by atoms with van der Waals surface area (Å²) in [5, 5.41) is 2.82.